The van der Waals surface area contributed by atoms with Gasteiger partial charge in [-0.15, -0.1) is 0 Å². The Morgan fingerprint density at radius 2 is 2.11 bits per heavy atom. The van der Waals surface area contributed by atoms with Gasteiger partial charge in [-0.25, -0.2) is 4.98 Å². The molecule has 19 heavy (non-hydrogen) atoms. The molecule has 5 heteroatoms. The van der Waals surface area contributed by atoms with E-state index in [4.69, 9.17) is 5.73 Å². The van der Waals surface area contributed by atoms with Crippen LogP contribution in [0.5, 0.6) is 0 Å². The molecule has 102 valence electrons. The number of hydrogen-bond acceptors (Lipinski definition) is 4. The predicted molar refractivity (Wildman–Crippen MR) is 73.6 cm³/mol. The maximum Gasteiger partial charge on any atom is 0.136 e. The van der Waals surface area contributed by atoms with Gasteiger partial charge in [0.1, 0.15) is 12.4 Å². The predicted octanol–water partition coefficient (Wildman–Crippen LogP) is 1.59. The molecule has 0 aliphatic heterocycles. The molecule has 0 radical (unpaired) electrons. The second-order valence-electron chi connectivity index (χ2n) is 5.22. The lowest BCUT2D eigenvalue weighted by Crippen LogP contribution is -2.28. The second kappa shape index (κ2) is 4.83. The van der Waals surface area contributed by atoms with Crippen molar-refractivity contribution in [3.05, 3.63) is 24.0 Å². The van der Waals surface area contributed by atoms with Gasteiger partial charge in [-0.2, -0.15) is 0 Å². The van der Waals surface area contributed by atoms with E-state index in [1.54, 1.807) is 6.07 Å². The highest BCUT2D eigenvalue weighted by Crippen LogP contribution is 2.33. The number of nitrogens with zero attached hydrogens (tertiary/aromatic N) is 2. The number of benzene rings is 1. The van der Waals surface area contributed by atoms with Crippen LogP contribution in [0.25, 0.3) is 11.0 Å². The topological polar surface area (TPSA) is 84.3 Å². The third-order valence-corrected chi connectivity index (χ3v) is 3.95. The van der Waals surface area contributed by atoms with Crippen molar-refractivity contribution >= 4 is 16.7 Å². The zero-order chi connectivity index (χ0) is 13.4. The van der Waals surface area contributed by atoms with Gasteiger partial charge < -0.3 is 20.5 Å². The summed E-state index contributed by atoms with van der Waals surface area (Å²) in [5.74, 6) is 0.603. The molecule has 1 saturated carbocycles. The molecule has 4 N–H and O–H groups in total. The first-order valence-corrected chi connectivity index (χ1v) is 6.76. The molecule has 1 aliphatic rings. The molecule has 2 unspecified atom stereocenters. The van der Waals surface area contributed by atoms with Crippen LogP contribution in [-0.2, 0) is 6.61 Å². The van der Waals surface area contributed by atoms with Crippen molar-refractivity contribution in [3.63, 3.8) is 0 Å². The van der Waals surface area contributed by atoms with Crippen molar-refractivity contribution < 1.29 is 10.2 Å². The first-order valence-electron chi connectivity index (χ1n) is 6.76. The molecule has 5 nitrogen and oxygen atoms in total. The van der Waals surface area contributed by atoms with Gasteiger partial charge >= 0.3 is 0 Å². The second-order valence-corrected chi connectivity index (χ2v) is 5.22. The average molecular weight is 261 g/mol. The Hall–Kier alpha value is -1.59. The van der Waals surface area contributed by atoms with Gasteiger partial charge in [-0.1, -0.05) is 12.8 Å². The minimum Gasteiger partial charge on any atom is -0.399 e. The SMILES string of the molecule is Nc1ccc2c(c1)nc(CO)n2C1CCCCC1O. The Labute approximate surface area is 111 Å². The molecular formula is C14H19N3O2. The highest BCUT2D eigenvalue weighted by molar-refractivity contribution is 5.79. The first-order chi connectivity index (χ1) is 9.20. The minimum absolute atomic E-state index is 0.00419. The Morgan fingerprint density at radius 1 is 1.32 bits per heavy atom. The van der Waals surface area contributed by atoms with E-state index in [1.165, 1.54) is 0 Å². The number of rotatable bonds is 2. The number of nitrogen functional groups attached to an aromatic ring is 1. The van der Waals surface area contributed by atoms with Crippen molar-refractivity contribution in [2.75, 3.05) is 5.73 Å². The number of anilines is 1. The van der Waals surface area contributed by atoms with E-state index in [1.807, 2.05) is 16.7 Å². The first kappa shape index (κ1) is 12.4. The number of fused-ring (bicyclic) bond motifs is 1. The quantitative estimate of drug-likeness (QED) is 0.717. The summed E-state index contributed by atoms with van der Waals surface area (Å²) in [5, 5.41) is 19.7. The lowest BCUT2D eigenvalue weighted by molar-refractivity contribution is 0.0738. The van der Waals surface area contributed by atoms with Crippen molar-refractivity contribution in [1.82, 2.24) is 9.55 Å². The molecule has 1 fully saturated rings. The fraction of sp³-hybridized carbons (Fsp3) is 0.500. The Bertz CT molecular complexity index is 594. The standard InChI is InChI=1S/C14H19N3O2/c15-9-5-6-11-10(7-9)16-14(8-18)17(11)12-3-1-2-4-13(12)19/h5-7,12-13,18-19H,1-4,8,15H2. The van der Waals surface area contributed by atoms with Crippen LogP contribution >= 0.6 is 0 Å². The molecule has 0 bridgehead atoms. The fourth-order valence-corrected chi connectivity index (χ4v) is 3.04. The van der Waals surface area contributed by atoms with E-state index in [-0.39, 0.29) is 18.8 Å². The van der Waals surface area contributed by atoms with Gasteiger partial charge in [0, 0.05) is 5.69 Å². The molecule has 2 aromatic rings. The number of hydrogen-bond donors (Lipinski definition) is 3. The lowest BCUT2D eigenvalue weighted by atomic mass is 9.92. The fourth-order valence-electron chi connectivity index (χ4n) is 3.04. The number of aliphatic hydroxyl groups excluding tert-OH is 2. The summed E-state index contributed by atoms with van der Waals surface area (Å²) in [5.41, 5.74) is 8.14. The van der Waals surface area contributed by atoms with E-state index in [2.05, 4.69) is 4.98 Å². The van der Waals surface area contributed by atoms with Gasteiger partial charge in [-0.05, 0) is 31.0 Å². The Morgan fingerprint density at radius 3 is 2.84 bits per heavy atom. The zero-order valence-corrected chi connectivity index (χ0v) is 10.8. The van der Waals surface area contributed by atoms with Crippen molar-refractivity contribution in [2.24, 2.45) is 0 Å². The molecule has 1 heterocycles. The van der Waals surface area contributed by atoms with Crippen LogP contribution in [-0.4, -0.2) is 25.9 Å². The highest BCUT2D eigenvalue weighted by atomic mass is 16.3. The molecule has 1 aromatic heterocycles. The maximum atomic E-state index is 10.2. The van der Waals surface area contributed by atoms with Crippen LogP contribution < -0.4 is 5.73 Å². The number of nitrogens with two attached hydrogens (primary N) is 1. The smallest absolute Gasteiger partial charge is 0.136 e. The third kappa shape index (κ3) is 2.09. The van der Waals surface area contributed by atoms with E-state index in [9.17, 15) is 10.2 Å². The summed E-state index contributed by atoms with van der Waals surface area (Å²) in [6, 6.07) is 5.56. The Balaban J connectivity index is 2.14. The van der Waals surface area contributed by atoms with Crippen molar-refractivity contribution in [1.29, 1.82) is 0 Å². The van der Waals surface area contributed by atoms with Crippen LogP contribution in [0.4, 0.5) is 5.69 Å². The molecule has 1 aromatic carbocycles. The summed E-state index contributed by atoms with van der Waals surface area (Å²) >= 11 is 0. The Kier molecular flexibility index (Phi) is 3.16. The molecule has 1 aliphatic carbocycles. The van der Waals surface area contributed by atoms with Gasteiger partial charge in [-0.3, -0.25) is 0 Å². The molecule has 2 atom stereocenters. The molecule has 3 rings (SSSR count). The van der Waals surface area contributed by atoms with Gasteiger partial charge in [0.05, 0.1) is 23.2 Å². The van der Waals surface area contributed by atoms with Crippen LogP contribution in [0.2, 0.25) is 0 Å². The van der Waals surface area contributed by atoms with Crippen LogP contribution in [0.15, 0.2) is 18.2 Å². The van der Waals surface area contributed by atoms with Gasteiger partial charge in [0.2, 0.25) is 0 Å². The van der Waals surface area contributed by atoms with E-state index >= 15 is 0 Å². The van der Waals surface area contributed by atoms with Gasteiger partial charge in [0.25, 0.3) is 0 Å². The minimum atomic E-state index is -0.367. The summed E-state index contributed by atoms with van der Waals surface area (Å²) in [6.45, 7) is -0.127. The number of imidazole rings is 1. The van der Waals surface area contributed by atoms with Crippen LogP contribution in [0.1, 0.15) is 37.5 Å². The third-order valence-electron chi connectivity index (χ3n) is 3.95. The van der Waals surface area contributed by atoms with Crippen LogP contribution in [0.3, 0.4) is 0 Å². The molecule has 0 amide bonds. The van der Waals surface area contributed by atoms with E-state index in [0.717, 1.165) is 36.7 Å². The van der Waals surface area contributed by atoms with Crippen molar-refractivity contribution in [3.8, 4) is 0 Å². The summed E-state index contributed by atoms with van der Waals surface area (Å²) in [7, 11) is 0. The highest BCUT2D eigenvalue weighted by Gasteiger charge is 2.27. The van der Waals surface area contributed by atoms with E-state index < -0.39 is 0 Å². The largest absolute Gasteiger partial charge is 0.399 e. The monoisotopic (exact) mass is 261 g/mol. The molecule has 0 saturated heterocycles. The molecule has 0 spiro atoms. The summed E-state index contributed by atoms with van der Waals surface area (Å²) in [6.07, 6.45) is 3.52. The number of aliphatic hydroxyl groups is 2. The van der Waals surface area contributed by atoms with E-state index in [0.29, 0.717) is 11.5 Å². The normalized spacial score (nSPS) is 23.9. The molecular weight excluding hydrogens is 242 g/mol. The lowest BCUT2D eigenvalue weighted by Gasteiger charge is -2.30. The van der Waals surface area contributed by atoms with Crippen molar-refractivity contribution in [2.45, 2.75) is 44.4 Å². The van der Waals surface area contributed by atoms with Gasteiger partial charge in [0.15, 0.2) is 0 Å². The number of aromatic nitrogens is 2. The average Bonchev–Trinajstić information content (AvgIpc) is 2.76. The maximum absolute atomic E-state index is 10.2. The summed E-state index contributed by atoms with van der Waals surface area (Å²) < 4.78 is 1.98. The van der Waals surface area contributed by atoms with Crippen LogP contribution in [0, 0.1) is 0 Å². The summed E-state index contributed by atoms with van der Waals surface area (Å²) in [4.78, 5) is 4.42. The zero-order valence-electron chi connectivity index (χ0n) is 10.8.